The van der Waals surface area contributed by atoms with Gasteiger partial charge in [0.25, 0.3) is 5.69 Å². The fourth-order valence-electron chi connectivity index (χ4n) is 6.52. The Balaban J connectivity index is 1.60. The summed E-state index contributed by atoms with van der Waals surface area (Å²) >= 11 is 6.86. The van der Waals surface area contributed by atoms with Crippen molar-refractivity contribution in [2.24, 2.45) is 10.8 Å². The van der Waals surface area contributed by atoms with Crippen LogP contribution in [0.1, 0.15) is 77.3 Å². The van der Waals surface area contributed by atoms with Gasteiger partial charge in [-0.2, -0.15) is 0 Å². The van der Waals surface area contributed by atoms with Gasteiger partial charge in [0.15, 0.2) is 23.1 Å². The first-order valence-corrected chi connectivity index (χ1v) is 14.7. The molecule has 0 N–H and O–H groups in total. The van der Waals surface area contributed by atoms with Crippen LogP contribution >= 0.6 is 11.6 Å². The molecule has 0 aromatic heterocycles. The van der Waals surface area contributed by atoms with Crippen molar-refractivity contribution < 1.29 is 24.0 Å². The summed E-state index contributed by atoms with van der Waals surface area (Å²) in [7, 11) is 1.98. The van der Waals surface area contributed by atoms with Gasteiger partial charge < -0.3 is 14.4 Å². The predicted octanol–water partition coefficient (Wildman–Crippen LogP) is 7.54. The number of halogens is 1. The fraction of sp³-hybridized carbons (Fsp3) is 0.455. The van der Waals surface area contributed by atoms with E-state index in [2.05, 4.69) is 32.6 Å². The summed E-state index contributed by atoms with van der Waals surface area (Å²) in [6.45, 7) is 10.8. The van der Waals surface area contributed by atoms with E-state index >= 15 is 0 Å². The van der Waals surface area contributed by atoms with E-state index in [0.717, 1.165) is 35.4 Å². The van der Waals surface area contributed by atoms with Gasteiger partial charge in [0, 0.05) is 60.5 Å². The molecule has 2 aromatic rings. The zero-order valence-corrected chi connectivity index (χ0v) is 25.8. The van der Waals surface area contributed by atoms with Crippen molar-refractivity contribution in [2.45, 2.75) is 72.8 Å². The first kappa shape index (κ1) is 29.8. The number of carbonyl (C=O) groups excluding carboxylic acids is 2. The SMILES string of the molecule is CCOc1cc(C2C3=C(CC(C)(C)CC3=O)N(C)C3=C2C(=O)CC(C)(C)C3)cc(Cl)c1OCc1ccc([N+](=O)[O-])cc1. The zero-order valence-electron chi connectivity index (χ0n) is 25.0. The van der Waals surface area contributed by atoms with Crippen molar-refractivity contribution in [1.82, 2.24) is 4.90 Å². The van der Waals surface area contributed by atoms with E-state index in [1.54, 1.807) is 18.2 Å². The Labute approximate surface area is 251 Å². The molecule has 222 valence electrons. The number of nitrogens with zero attached hydrogens (tertiary/aromatic N) is 2. The van der Waals surface area contributed by atoms with Crippen LogP contribution in [-0.2, 0) is 16.2 Å². The Morgan fingerprint density at radius 3 is 1.98 bits per heavy atom. The number of non-ortho nitro benzene ring substituents is 1. The number of allylic oxidation sites excluding steroid dienone is 4. The quantitative estimate of drug-likeness (QED) is 0.242. The number of hydrogen-bond acceptors (Lipinski definition) is 7. The highest BCUT2D eigenvalue weighted by molar-refractivity contribution is 6.32. The molecule has 2 aliphatic carbocycles. The van der Waals surface area contributed by atoms with Crippen LogP contribution < -0.4 is 9.47 Å². The van der Waals surface area contributed by atoms with Crippen LogP contribution in [0.15, 0.2) is 58.9 Å². The van der Waals surface area contributed by atoms with Crippen molar-refractivity contribution in [2.75, 3.05) is 13.7 Å². The van der Waals surface area contributed by atoms with Crippen LogP contribution in [0, 0.1) is 20.9 Å². The minimum absolute atomic E-state index is 0.00193. The van der Waals surface area contributed by atoms with E-state index in [1.165, 1.54) is 12.1 Å². The van der Waals surface area contributed by atoms with Crippen LogP contribution in [0.5, 0.6) is 11.5 Å². The largest absolute Gasteiger partial charge is 0.490 e. The number of ketones is 2. The van der Waals surface area contributed by atoms with Gasteiger partial charge in [-0.3, -0.25) is 19.7 Å². The maximum atomic E-state index is 13.8. The minimum atomic E-state index is -0.543. The molecule has 9 heteroatoms. The highest BCUT2D eigenvalue weighted by Gasteiger charge is 2.48. The number of hydrogen-bond donors (Lipinski definition) is 0. The van der Waals surface area contributed by atoms with E-state index in [4.69, 9.17) is 21.1 Å². The lowest BCUT2D eigenvalue weighted by Gasteiger charge is -2.48. The minimum Gasteiger partial charge on any atom is -0.490 e. The van der Waals surface area contributed by atoms with Crippen LogP contribution in [0.3, 0.4) is 0 Å². The Hall–Kier alpha value is -3.65. The topological polar surface area (TPSA) is 99.0 Å². The maximum absolute atomic E-state index is 13.8. The maximum Gasteiger partial charge on any atom is 0.269 e. The third-order valence-corrected chi connectivity index (χ3v) is 8.66. The summed E-state index contributed by atoms with van der Waals surface area (Å²) in [5, 5.41) is 11.3. The highest BCUT2D eigenvalue weighted by Crippen LogP contribution is 2.55. The number of Topliss-reactive ketones (excluding diaryl/α,β-unsaturated/α-hetero) is 2. The van der Waals surface area contributed by atoms with Gasteiger partial charge in [-0.25, -0.2) is 0 Å². The Bertz CT molecular complexity index is 1480. The van der Waals surface area contributed by atoms with Gasteiger partial charge in [0.2, 0.25) is 0 Å². The number of ether oxygens (including phenoxy) is 2. The molecule has 0 amide bonds. The number of nitro benzene ring substituents is 1. The summed E-state index contributed by atoms with van der Waals surface area (Å²) in [6.07, 6.45) is 2.27. The van der Waals surface area contributed by atoms with E-state index in [-0.39, 0.29) is 34.7 Å². The van der Waals surface area contributed by atoms with Gasteiger partial charge in [0.05, 0.1) is 16.6 Å². The second kappa shape index (κ2) is 10.9. The van der Waals surface area contributed by atoms with Crippen LogP contribution in [0.25, 0.3) is 0 Å². The lowest BCUT2D eigenvalue weighted by Crippen LogP contribution is -2.43. The molecule has 5 rings (SSSR count). The van der Waals surface area contributed by atoms with Crippen LogP contribution in [0.4, 0.5) is 5.69 Å². The molecule has 0 fully saturated rings. The highest BCUT2D eigenvalue weighted by atomic mass is 35.5. The molecule has 3 aliphatic rings. The first-order chi connectivity index (χ1) is 19.7. The summed E-state index contributed by atoms with van der Waals surface area (Å²) in [5.41, 5.74) is 4.35. The lowest BCUT2D eigenvalue weighted by atomic mass is 9.63. The van der Waals surface area contributed by atoms with Crippen LogP contribution in [0.2, 0.25) is 5.02 Å². The average molecular weight is 593 g/mol. The molecule has 0 spiro atoms. The normalized spacial score (nSPS) is 19.9. The van der Waals surface area contributed by atoms with E-state index in [9.17, 15) is 19.7 Å². The molecule has 0 saturated carbocycles. The van der Waals surface area contributed by atoms with Crippen molar-refractivity contribution in [3.8, 4) is 11.5 Å². The fourth-order valence-corrected chi connectivity index (χ4v) is 6.80. The van der Waals surface area contributed by atoms with Gasteiger partial charge in [-0.15, -0.1) is 0 Å². The average Bonchev–Trinajstić information content (AvgIpc) is 2.88. The molecule has 8 nitrogen and oxygen atoms in total. The second-order valence-corrected chi connectivity index (χ2v) is 13.5. The van der Waals surface area contributed by atoms with Crippen molar-refractivity contribution in [3.63, 3.8) is 0 Å². The van der Waals surface area contributed by atoms with Crippen molar-refractivity contribution in [1.29, 1.82) is 0 Å². The van der Waals surface area contributed by atoms with Gasteiger partial charge in [-0.1, -0.05) is 39.3 Å². The zero-order chi connectivity index (χ0) is 30.6. The van der Waals surface area contributed by atoms with Gasteiger partial charge >= 0.3 is 0 Å². The van der Waals surface area contributed by atoms with E-state index in [0.29, 0.717) is 47.1 Å². The standard InChI is InChI=1S/C33H37ClN2O6/c1-7-41-27-13-20(12-22(34)31(27)42-18-19-8-10-21(11-9-19)36(39)40)28-29-23(14-32(2,3)16-25(29)37)35(6)24-15-33(4,5)17-26(38)30(24)28/h8-13,28H,7,14-18H2,1-6H3. The Morgan fingerprint density at radius 2 is 1.48 bits per heavy atom. The Morgan fingerprint density at radius 1 is 0.929 bits per heavy atom. The Kier molecular flexibility index (Phi) is 7.73. The van der Waals surface area contributed by atoms with Gasteiger partial charge in [0.1, 0.15) is 6.61 Å². The number of benzene rings is 2. The predicted molar refractivity (Wildman–Crippen MR) is 161 cm³/mol. The monoisotopic (exact) mass is 592 g/mol. The second-order valence-electron chi connectivity index (χ2n) is 13.1. The van der Waals surface area contributed by atoms with E-state index < -0.39 is 10.8 Å². The molecule has 0 bridgehead atoms. The van der Waals surface area contributed by atoms with E-state index in [1.807, 2.05) is 20.0 Å². The lowest BCUT2D eigenvalue weighted by molar-refractivity contribution is -0.384. The summed E-state index contributed by atoms with van der Waals surface area (Å²) < 4.78 is 12.1. The molecule has 0 saturated heterocycles. The molecule has 1 heterocycles. The molecule has 0 unspecified atom stereocenters. The number of carbonyl (C=O) groups is 2. The van der Waals surface area contributed by atoms with Gasteiger partial charge in [-0.05, 0) is 66.0 Å². The molecular formula is C33H37ClN2O6. The molecule has 1 aliphatic heterocycles. The summed E-state index contributed by atoms with van der Waals surface area (Å²) in [5.74, 6) is 0.310. The number of rotatable bonds is 7. The number of nitro groups is 1. The molecule has 2 aromatic carbocycles. The summed E-state index contributed by atoms with van der Waals surface area (Å²) in [6, 6.07) is 9.73. The van der Waals surface area contributed by atoms with Crippen molar-refractivity contribution in [3.05, 3.63) is 85.2 Å². The molecule has 0 atom stereocenters. The third kappa shape index (κ3) is 5.56. The molecular weight excluding hydrogens is 556 g/mol. The first-order valence-electron chi connectivity index (χ1n) is 14.3. The molecule has 0 radical (unpaired) electrons. The smallest absolute Gasteiger partial charge is 0.269 e. The van der Waals surface area contributed by atoms with Crippen LogP contribution in [-0.4, -0.2) is 35.0 Å². The molecule has 42 heavy (non-hydrogen) atoms. The third-order valence-electron chi connectivity index (χ3n) is 8.38. The summed E-state index contributed by atoms with van der Waals surface area (Å²) in [4.78, 5) is 40.3. The van der Waals surface area contributed by atoms with Crippen molar-refractivity contribution >= 4 is 28.9 Å².